The van der Waals surface area contributed by atoms with Crippen LogP contribution in [0.1, 0.15) is 35.2 Å². The third kappa shape index (κ3) is 4.40. The van der Waals surface area contributed by atoms with Crippen LogP contribution >= 0.6 is 11.6 Å². The Morgan fingerprint density at radius 2 is 1.84 bits per heavy atom. The molecular formula is C20H21ClN2O2. The molecule has 0 spiro atoms. The van der Waals surface area contributed by atoms with Gasteiger partial charge in [-0.25, -0.2) is 4.79 Å². The Labute approximate surface area is 153 Å². The first-order chi connectivity index (χ1) is 12.2. The molecule has 2 aromatic carbocycles. The first kappa shape index (κ1) is 17.5. The van der Waals surface area contributed by atoms with E-state index >= 15 is 0 Å². The molecule has 25 heavy (non-hydrogen) atoms. The predicted octanol–water partition coefficient (Wildman–Crippen LogP) is 4.87. The lowest BCUT2D eigenvalue weighted by Gasteiger charge is -2.28. The quantitative estimate of drug-likeness (QED) is 0.580. The maximum Gasteiger partial charge on any atom is 0.339 e. The molecule has 0 atom stereocenters. The monoisotopic (exact) mass is 356 g/mol. The molecule has 5 heteroatoms. The van der Waals surface area contributed by atoms with Gasteiger partial charge in [-0.15, -0.1) is 0 Å². The van der Waals surface area contributed by atoms with Crippen molar-refractivity contribution in [2.75, 3.05) is 25.1 Å². The molecule has 0 radical (unpaired) electrons. The number of benzene rings is 2. The summed E-state index contributed by atoms with van der Waals surface area (Å²) in [5.74, 6) is -0.450. The van der Waals surface area contributed by atoms with Crippen LogP contribution < -0.4 is 4.90 Å². The highest BCUT2D eigenvalue weighted by Crippen LogP contribution is 2.24. The molecule has 0 unspecified atom stereocenters. The number of aliphatic imine (C=N–C) groups is 1. The van der Waals surface area contributed by atoms with Crippen LogP contribution in [0.4, 0.5) is 11.4 Å². The number of rotatable bonds is 4. The van der Waals surface area contributed by atoms with Gasteiger partial charge in [0, 0.05) is 25.0 Å². The van der Waals surface area contributed by atoms with Crippen LogP contribution in [-0.2, 0) is 4.74 Å². The fraction of sp³-hybridized carbons (Fsp3) is 0.300. The Kier molecular flexibility index (Phi) is 5.71. The van der Waals surface area contributed by atoms with Crippen molar-refractivity contribution >= 4 is 35.2 Å². The van der Waals surface area contributed by atoms with E-state index in [-0.39, 0.29) is 0 Å². The van der Waals surface area contributed by atoms with Gasteiger partial charge in [-0.05, 0) is 55.2 Å². The Morgan fingerprint density at radius 1 is 1.12 bits per heavy atom. The minimum absolute atomic E-state index is 0.335. The number of carbonyl (C=O) groups excluding carboxylic acids is 1. The van der Waals surface area contributed by atoms with Gasteiger partial charge in [0.05, 0.1) is 23.4 Å². The molecule has 3 rings (SSSR count). The average Bonchev–Trinajstić information content (AvgIpc) is 2.67. The Balaban J connectivity index is 1.69. The number of ether oxygens (including phenoxy) is 1. The molecule has 0 aromatic heterocycles. The highest BCUT2D eigenvalue weighted by molar-refractivity contribution is 6.33. The molecule has 1 aliphatic rings. The number of piperidine rings is 1. The van der Waals surface area contributed by atoms with Gasteiger partial charge in [-0.3, -0.25) is 4.99 Å². The number of methoxy groups -OCH3 is 1. The van der Waals surface area contributed by atoms with Crippen molar-refractivity contribution in [2.45, 2.75) is 19.3 Å². The molecule has 4 nitrogen and oxygen atoms in total. The van der Waals surface area contributed by atoms with E-state index in [4.69, 9.17) is 11.6 Å². The third-order valence-electron chi connectivity index (χ3n) is 4.33. The minimum Gasteiger partial charge on any atom is -0.465 e. The van der Waals surface area contributed by atoms with Crippen LogP contribution in [0.2, 0.25) is 5.02 Å². The summed E-state index contributed by atoms with van der Waals surface area (Å²) >= 11 is 6.11. The van der Waals surface area contributed by atoms with Crippen molar-refractivity contribution in [3.8, 4) is 0 Å². The predicted molar refractivity (Wildman–Crippen MR) is 103 cm³/mol. The zero-order valence-corrected chi connectivity index (χ0v) is 15.0. The summed E-state index contributed by atoms with van der Waals surface area (Å²) in [5.41, 5.74) is 3.32. The fourth-order valence-electron chi connectivity index (χ4n) is 2.93. The lowest BCUT2D eigenvalue weighted by molar-refractivity contribution is 0.0601. The van der Waals surface area contributed by atoms with Crippen LogP contribution in [0.25, 0.3) is 0 Å². The fourth-order valence-corrected chi connectivity index (χ4v) is 3.18. The van der Waals surface area contributed by atoms with E-state index in [2.05, 4.69) is 38.9 Å². The van der Waals surface area contributed by atoms with Crippen molar-refractivity contribution in [3.63, 3.8) is 0 Å². The van der Waals surface area contributed by atoms with Gasteiger partial charge in [0.15, 0.2) is 0 Å². The zero-order valence-electron chi connectivity index (χ0n) is 14.2. The van der Waals surface area contributed by atoms with Gasteiger partial charge >= 0.3 is 5.97 Å². The molecule has 130 valence electrons. The van der Waals surface area contributed by atoms with Crippen LogP contribution in [-0.4, -0.2) is 32.4 Å². The number of hydrogen-bond acceptors (Lipinski definition) is 4. The summed E-state index contributed by atoms with van der Waals surface area (Å²) in [6.07, 6.45) is 5.67. The maximum absolute atomic E-state index is 11.5. The zero-order chi connectivity index (χ0) is 17.6. The molecule has 0 aliphatic carbocycles. The van der Waals surface area contributed by atoms with Gasteiger partial charge in [-0.2, -0.15) is 0 Å². The number of esters is 1. The van der Waals surface area contributed by atoms with Gasteiger partial charge in [0.2, 0.25) is 0 Å². The van der Waals surface area contributed by atoms with Gasteiger partial charge in [-0.1, -0.05) is 23.7 Å². The second-order valence-electron chi connectivity index (χ2n) is 6.05. The normalized spacial score (nSPS) is 14.7. The number of halogens is 1. The Hall–Kier alpha value is -2.33. The van der Waals surface area contributed by atoms with Crippen molar-refractivity contribution in [1.29, 1.82) is 0 Å². The molecular weight excluding hydrogens is 336 g/mol. The highest BCUT2D eigenvalue weighted by Gasteiger charge is 2.11. The highest BCUT2D eigenvalue weighted by atomic mass is 35.5. The van der Waals surface area contributed by atoms with E-state index in [0.29, 0.717) is 16.3 Å². The lowest BCUT2D eigenvalue weighted by Crippen LogP contribution is -2.29. The van der Waals surface area contributed by atoms with Gasteiger partial charge in [0.1, 0.15) is 0 Å². The van der Waals surface area contributed by atoms with E-state index in [1.165, 1.54) is 32.1 Å². The van der Waals surface area contributed by atoms with Gasteiger partial charge in [0.25, 0.3) is 0 Å². The number of carbonyl (C=O) groups is 1. The molecule has 1 heterocycles. The van der Waals surface area contributed by atoms with Crippen molar-refractivity contribution in [3.05, 3.63) is 58.6 Å². The Bertz CT molecular complexity index is 766. The number of anilines is 1. The molecule has 0 bridgehead atoms. The van der Waals surface area contributed by atoms with Crippen LogP contribution in [0.3, 0.4) is 0 Å². The molecule has 0 saturated carbocycles. The second-order valence-corrected chi connectivity index (χ2v) is 6.46. The second kappa shape index (κ2) is 8.17. The molecule has 1 saturated heterocycles. The smallest absolute Gasteiger partial charge is 0.339 e. The number of nitrogens with zero attached hydrogens (tertiary/aromatic N) is 2. The first-order valence-corrected chi connectivity index (χ1v) is 8.82. The SMILES string of the molecule is COC(=O)c1ccc(N=Cc2ccc(N3CCCCC3)cc2)cc1Cl. The summed E-state index contributed by atoms with van der Waals surface area (Å²) in [7, 11) is 1.33. The van der Waals surface area contributed by atoms with Crippen LogP contribution in [0.15, 0.2) is 47.5 Å². The van der Waals surface area contributed by atoms with Crippen molar-refractivity contribution in [1.82, 2.24) is 0 Å². The van der Waals surface area contributed by atoms with Crippen molar-refractivity contribution in [2.24, 2.45) is 4.99 Å². The summed E-state index contributed by atoms with van der Waals surface area (Å²) in [4.78, 5) is 18.4. The van der Waals surface area contributed by atoms with Crippen LogP contribution in [0.5, 0.6) is 0 Å². The first-order valence-electron chi connectivity index (χ1n) is 8.44. The molecule has 1 fully saturated rings. The van der Waals surface area contributed by atoms with E-state index in [1.54, 1.807) is 24.4 Å². The van der Waals surface area contributed by atoms with E-state index in [1.807, 2.05) is 0 Å². The molecule has 0 amide bonds. The van der Waals surface area contributed by atoms with Crippen molar-refractivity contribution < 1.29 is 9.53 Å². The number of hydrogen-bond donors (Lipinski definition) is 0. The maximum atomic E-state index is 11.5. The van der Waals surface area contributed by atoms with Crippen LogP contribution in [0, 0.1) is 0 Å². The minimum atomic E-state index is -0.450. The summed E-state index contributed by atoms with van der Waals surface area (Å²) < 4.78 is 4.68. The topological polar surface area (TPSA) is 41.9 Å². The molecule has 0 N–H and O–H groups in total. The van der Waals surface area contributed by atoms with E-state index in [9.17, 15) is 4.79 Å². The summed E-state index contributed by atoms with van der Waals surface area (Å²) in [5, 5.41) is 0.335. The average molecular weight is 357 g/mol. The molecule has 2 aromatic rings. The van der Waals surface area contributed by atoms with E-state index < -0.39 is 5.97 Å². The van der Waals surface area contributed by atoms with Gasteiger partial charge < -0.3 is 9.64 Å². The van der Waals surface area contributed by atoms with E-state index in [0.717, 1.165) is 18.7 Å². The summed E-state index contributed by atoms with van der Waals surface area (Å²) in [6.45, 7) is 2.27. The largest absolute Gasteiger partial charge is 0.465 e. The third-order valence-corrected chi connectivity index (χ3v) is 4.65. The molecule has 1 aliphatic heterocycles. The Morgan fingerprint density at radius 3 is 2.48 bits per heavy atom. The standard InChI is InChI=1S/C20H21ClN2O2/c1-25-20(24)18-10-7-16(13-19(18)21)22-14-15-5-8-17(9-6-15)23-11-3-2-4-12-23/h5-10,13-14H,2-4,11-12H2,1H3. The summed E-state index contributed by atoms with van der Waals surface area (Å²) in [6, 6.07) is 13.4. The lowest BCUT2D eigenvalue weighted by atomic mass is 10.1.